The predicted molar refractivity (Wildman–Crippen MR) is 57.2 cm³/mol. The fraction of sp³-hybridized carbons (Fsp3) is 0.125. The van der Waals surface area contributed by atoms with Crippen molar-refractivity contribution in [1.82, 2.24) is 0 Å². The molecule has 5 heteroatoms. The van der Waals surface area contributed by atoms with Crippen LogP contribution in [0.2, 0.25) is 5.02 Å². The Kier molecular flexibility index (Phi) is 3.88. The molecule has 0 bridgehead atoms. The van der Waals surface area contributed by atoms with Crippen molar-refractivity contribution in [1.29, 1.82) is 0 Å². The average molecular weight is 330 g/mol. The Morgan fingerprint density at radius 2 is 2.15 bits per heavy atom. The van der Waals surface area contributed by atoms with E-state index in [1.54, 1.807) is 0 Å². The molecule has 0 atom stereocenters. The van der Waals surface area contributed by atoms with Crippen molar-refractivity contribution < 1.29 is 9.18 Å². The van der Waals surface area contributed by atoms with Crippen LogP contribution in [0.15, 0.2) is 16.6 Å². The molecule has 1 aromatic carbocycles. The Morgan fingerprint density at radius 1 is 1.54 bits per heavy atom. The largest absolute Gasteiger partial charge is 0.293 e. The molecule has 0 aromatic heterocycles. The van der Waals surface area contributed by atoms with E-state index in [0.29, 0.717) is 4.47 Å². The fourth-order valence-corrected chi connectivity index (χ4v) is 2.15. The predicted octanol–water partition coefficient (Wildman–Crippen LogP) is 3.82. The zero-order chi connectivity index (χ0) is 10.0. The van der Waals surface area contributed by atoms with Gasteiger partial charge in [-0.05, 0) is 28.1 Å². The summed E-state index contributed by atoms with van der Waals surface area (Å²) in [7, 11) is 0. The van der Waals surface area contributed by atoms with Gasteiger partial charge in [0.25, 0.3) is 0 Å². The van der Waals surface area contributed by atoms with Crippen LogP contribution in [0.1, 0.15) is 10.4 Å². The van der Waals surface area contributed by atoms with Crippen molar-refractivity contribution in [2.24, 2.45) is 0 Å². The maximum Gasteiger partial charge on any atom is 0.177 e. The summed E-state index contributed by atoms with van der Waals surface area (Å²) in [5, 5.41) is 0.347. The van der Waals surface area contributed by atoms with Crippen molar-refractivity contribution in [3.05, 3.63) is 33.0 Å². The van der Waals surface area contributed by atoms with Crippen LogP contribution in [0.4, 0.5) is 4.39 Å². The lowest BCUT2D eigenvalue weighted by Crippen LogP contribution is -2.04. The van der Waals surface area contributed by atoms with Gasteiger partial charge in [-0.15, -0.1) is 0 Å². The number of Topliss-reactive ketones (excluding diaryl/α,β-unsaturated/α-hetero) is 1. The van der Waals surface area contributed by atoms with E-state index < -0.39 is 5.82 Å². The molecule has 0 unspecified atom stereocenters. The molecule has 0 amide bonds. The summed E-state index contributed by atoms with van der Waals surface area (Å²) in [5.74, 6) is -0.926. The van der Waals surface area contributed by atoms with Crippen molar-refractivity contribution in [2.75, 3.05) is 5.33 Å². The normalized spacial score (nSPS) is 10.2. The molecular formula is C8H4Br2ClFO. The summed E-state index contributed by atoms with van der Waals surface area (Å²) >= 11 is 11.6. The number of carbonyl (C=O) groups excluding carboxylic acids is 1. The van der Waals surface area contributed by atoms with Gasteiger partial charge in [-0.25, -0.2) is 4.39 Å². The first-order valence-corrected chi connectivity index (χ1v) is 5.59. The van der Waals surface area contributed by atoms with Gasteiger partial charge in [-0.2, -0.15) is 0 Å². The van der Waals surface area contributed by atoms with Crippen LogP contribution in [-0.4, -0.2) is 11.1 Å². The average Bonchev–Trinajstić information content (AvgIpc) is 2.02. The number of ketones is 1. The summed E-state index contributed by atoms with van der Waals surface area (Å²) in [5.41, 5.74) is 0.0290. The van der Waals surface area contributed by atoms with Crippen molar-refractivity contribution in [3.8, 4) is 0 Å². The lowest BCUT2D eigenvalue weighted by Gasteiger charge is -2.03. The zero-order valence-electron chi connectivity index (χ0n) is 6.28. The van der Waals surface area contributed by atoms with Crippen LogP contribution < -0.4 is 0 Å². The van der Waals surface area contributed by atoms with Crippen LogP contribution in [0.25, 0.3) is 0 Å². The molecule has 0 spiro atoms. The second kappa shape index (κ2) is 4.53. The molecule has 0 aliphatic heterocycles. The van der Waals surface area contributed by atoms with E-state index in [9.17, 15) is 9.18 Å². The molecule has 0 aliphatic rings. The Morgan fingerprint density at radius 3 is 2.62 bits per heavy atom. The number of hydrogen-bond donors (Lipinski definition) is 0. The lowest BCUT2D eigenvalue weighted by atomic mass is 10.1. The van der Waals surface area contributed by atoms with Gasteiger partial charge in [-0.3, -0.25) is 4.79 Å². The molecular weight excluding hydrogens is 326 g/mol. The highest BCUT2D eigenvalue weighted by atomic mass is 79.9. The van der Waals surface area contributed by atoms with Crippen molar-refractivity contribution in [3.63, 3.8) is 0 Å². The maximum atomic E-state index is 13.2. The number of carbonyl (C=O) groups is 1. The van der Waals surface area contributed by atoms with Gasteiger partial charge in [0, 0.05) is 9.50 Å². The van der Waals surface area contributed by atoms with Gasteiger partial charge in [0.2, 0.25) is 0 Å². The zero-order valence-corrected chi connectivity index (χ0v) is 10.2. The van der Waals surface area contributed by atoms with E-state index in [1.165, 1.54) is 6.07 Å². The molecule has 0 N–H and O–H groups in total. The van der Waals surface area contributed by atoms with Crippen LogP contribution in [-0.2, 0) is 0 Å². The number of alkyl halides is 1. The van der Waals surface area contributed by atoms with Crippen molar-refractivity contribution in [2.45, 2.75) is 0 Å². The molecule has 0 saturated heterocycles. The molecule has 1 nitrogen and oxygen atoms in total. The molecule has 1 aromatic rings. The Labute approximate surface area is 96.5 Å². The van der Waals surface area contributed by atoms with Crippen LogP contribution in [0.3, 0.4) is 0 Å². The van der Waals surface area contributed by atoms with E-state index in [-0.39, 0.29) is 21.7 Å². The monoisotopic (exact) mass is 328 g/mol. The summed E-state index contributed by atoms with van der Waals surface area (Å²) < 4.78 is 13.6. The standard InChI is InChI=1S/C8H4Br2ClFO/c9-3-7(13)8-5(10)1-4(11)2-6(8)12/h1-2H,3H2. The third-order valence-corrected chi connectivity index (χ3v) is 2.76. The minimum Gasteiger partial charge on any atom is -0.293 e. The first-order chi connectivity index (χ1) is 6.06. The SMILES string of the molecule is O=C(CBr)c1c(F)cc(Cl)cc1Br. The minimum atomic E-state index is -0.608. The van der Waals surface area contributed by atoms with Gasteiger partial charge in [0.05, 0.1) is 10.9 Å². The quantitative estimate of drug-likeness (QED) is 0.595. The number of benzene rings is 1. The van der Waals surface area contributed by atoms with E-state index >= 15 is 0 Å². The topological polar surface area (TPSA) is 17.1 Å². The summed E-state index contributed by atoms with van der Waals surface area (Å²) in [6.45, 7) is 0. The molecule has 0 fully saturated rings. The summed E-state index contributed by atoms with van der Waals surface area (Å²) in [4.78, 5) is 11.2. The summed E-state index contributed by atoms with van der Waals surface area (Å²) in [6.07, 6.45) is 0. The van der Waals surface area contributed by atoms with E-state index in [4.69, 9.17) is 11.6 Å². The lowest BCUT2D eigenvalue weighted by molar-refractivity contribution is 0.101. The number of halogens is 4. The van der Waals surface area contributed by atoms with Gasteiger partial charge in [0.15, 0.2) is 5.78 Å². The molecule has 1 rings (SSSR count). The van der Waals surface area contributed by atoms with E-state index in [0.717, 1.165) is 6.07 Å². The highest BCUT2D eigenvalue weighted by Crippen LogP contribution is 2.25. The highest BCUT2D eigenvalue weighted by Gasteiger charge is 2.15. The molecule has 0 saturated carbocycles. The van der Waals surface area contributed by atoms with E-state index in [2.05, 4.69) is 31.9 Å². The molecule has 0 aliphatic carbocycles. The van der Waals surface area contributed by atoms with Gasteiger partial charge in [0.1, 0.15) is 5.82 Å². The van der Waals surface area contributed by atoms with Crippen molar-refractivity contribution >= 4 is 49.2 Å². The first kappa shape index (κ1) is 11.1. The Bertz CT molecular complexity index is 331. The second-order valence-corrected chi connectivity index (χ2v) is 4.15. The first-order valence-electron chi connectivity index (χ1n) is 3.30. The van der Waals surface area contributed by atoms with Gasteiger partial charge >= 0.3 is 0 Å². The van der Waals surface area contributed by atoms with Crippen LogP contribution >= 0.6 is 43.5 Å². The molecule has 70 valence electrons. The van der Waals surface area contributed by atoms with Crippen LogP contribution in [0.5, 0.6) is 0 Å². The second-order valence-electron chi connectivity index (χ2n) is 2.30. The number of hydrogen-bond acceptors (Lipinski definition) is 1. The minimum absolute atomic E-state index is 0.0290. The Balaban J connectivity index is 3.28. The molecule has 0 radical (unpaired) electrons. The third-order valence-electron chi connectivity index (χ3n) is 1.41. The fourth-order valence-electron chi connectivity index (χ4n) is 0.875. The summed E-state index contributed by atoms with van der Waals surface area (Å²) in [6, 6.07) is 2.60. The maximum absolute atomic E-state index is 13.2. The molecule has 13 heavy (non-hydrogen) atoms. The van der Waals surface area contributed by atoms with Gasteiger partial charge < -0.3 is 0 Å². The highest BCUT2D eigenvalue weighted by molar-refractivity contribution is 9.10. The van der Waals surface area contributed by atoms with E-state index in [1.807, 2.05) is 0 Å². The smallest absolute Gasteiger partial charge is 0.177 e. The van der Waals surface area contributed by atoms with Gasteiger partial charge in [-0.1, -0.05) is 27.5 Å². The molecule has 0 heterocycles. The van der Waals surface area contributed by atoms with Crippen LogP contribution in [0, 0.1) is 5.82 Å². The Hall–Kier alpha value is 0.0700. The third kappa shape index (κ3) is 2.51. The number of rotatable bonds is 2.